The first kappa shape index (κ1) is 9.13. The second-order valence-corrected chi connectivity index (χ2v) is 3.17. The highest BCUT2D eigenvalue weighted by Gasteiger charge is 1.96. The van der Waals surface area contributed by atoms with Crippen molar-refractivity contribution in [3.8, 4) is 0 Å². The lowest BCUT2D eigenvalue weighted by molar-refractivity contribution is -0.118. The van der Waals surface area contributed by atoms with Gasteiger partial charge in [-0.25, -0.2) is 0 Å². The minimum atomic E-state index is 0.0591. The number of hydrogen-bond acceptors (Lipinski definition) is 2. The van der Waals surface area contributed by atoms with Crippen LogP contribution in [0.5, 0.6) is 0 Å². The zero-order chi connectivity index (χ0) is 8.81. The molecule has 0 aromatic heterocycles. The van der Waals surface area contributed by atoms with Crippen molar-refractivity contribution in [1.29, 1.82) is 0 Å². The summed E-state index contributed by atoms with van der Waals surface area (Å²) in [7, 11) is 0. The highest BCUT2D eigenvalue weighted by Crippen LogP contribution is 2.12. The summed E-state index contributed by atoms with van der Waals surface area (Å²) < 4.78 is 2.73. The predicted octanol–water partition coefficient (Wildman–Crippen LogP) is 2.22. The van der Waals surface area contributed by atoms with Crippen molar-refractivity contribution >= 4 is 17.9 Å². The summed E-state index contributed by atoms with van der Waals surface area (Å²) in [4.78, 5) is 11.9. The Morgan fingerprint density at radius 2 is 2.08 bits per heavy atom. The van der Waals surface area contributed by atoms with Gasteiger partial charge >= 0.3 is 0 Å². The summed E-state index contributed by atoms with van der Waals surface area (Å²) in [6.45, 7) is 1.83. The number of nitrogens with one attached hydrogen (secondary N) is 1. The molecular formula is C9H11NOS. The van der Waals surface area contributed by atoms with E-state index in [-0.39, 0.29) is 5.91 Å². The third-order valence-corrected chi connectivity index (χ3v) is 2.18. The Morgan fingerprint density at radius 3 is 2.67 bits per heavy atom. The molecule has 0 saturated carbocycles. The molecule has 0 atom stereocenters. The van der Waals surface area contributed by atoms with Crippen LogP contribution in [0.15, 0.2) is 35.2 Å². The minimum Gasteiger partial charge on any atom is -0.296 e. The van der Waals surface area contributed by atoms with Gasteiger partial charge < -0.3 is 0 Å². The van der Waals surface area contributed by atoms with E-state index in [0.29, 0.717) is 6.42 Å². The number of carbonyl (C=O) groups is 1. The lowest BCUT2D eigenvalue weighted by Gasteiger charge is -2.00. The van der Waals surface area contributed by atoms with Gasteiger partial charge in [0.05, 0.1) is 0 Å². The van der Waals surface area contributed by atoms with Crippen LogP contribution in [0.2, 0.25) is 0 Å². The summed E-state index contributed by atoms with van der Waals surface area (Å²) in [6.07, 6.45) is 0.528. The van der Waals surface area contributed by atoms with Gasteiger partial charge in [-0.05, 0) is 24.1 Å². The van der Waals surface area contributed by atoms with Crippen LogP contribution in [0.1, 0.15) is 13.3 Å². The normalized spacial score (nSPS) is 9.42. The van der Waals surface area contributed by atoms with Gasteiger partial charge in [0.25, 0.3) is 0 Å². The Balaban J connectivity index is 2.38. The Hall–Kier alpha value is -0.960. The molecule has 64 valence electrons. The largest absolute Gasteiger partial charge is 0.296 e. The van der Waals surface area contributed by atoms with Crippen LogP contribution >= 0.6 is 11.9 Å². The zero-order valence-corrected chi connectivity index (χ0v) is 7.73. The van der Waals surface area contributed by atoms with E-state index < -0.39 is 0 Å². The number of rotatable bonds is 3. The average Bonchev–Trinajstić information content (AvgIpc) is 2.16. The van der Waals surface area contributed by atoms with Crippen molar-refractivity contribution in [2.45, 2.75) is 18.2 Å². The number of carbonyl (C=O) groups excluding carboxylic acids is 1. The third kappa shape index (κ3) is 2.96. The van der Waals surface area contributed by atoms with E-state index in [9.17, 15) is 4.79 Å². The van der Waals surface area contributed by atoms with Crippen LogP contribution in [0.3, 0.4) is 0 Å². The highest BCUT2D eigenvalue weighted by molar-refractivity contribution is 7.98. The third-order valence-electron chi connectivity index (χ3n) is 1.35. The van der Waals surface area contributed by atoms with Crippen molar-refractivity contribution in [2.75, 3.05) is 0 Å². The number of amides is 1. The van der Waals surface area contributed by atoms with Gasteiger partial charge in [0.15, 0.2) is 0 Å². The molecule has 0 aliphatic rings. The molecule has 1 aromatic rings. The first-order chi connectivity index (χ1) is 5.83. The molecule has 0 radical (unpaired) electrons. The van der Waals surface area contributed by atoms with Gasteiger partial charge in [-0.2, -0.15) is 0 Å². The molecule has 0 heterocycles. The van der Waals surface area contributed by atoms with Gasteiger partial charge in [0.2, 0.25) is 5.91 Å². The van der Waals surface area contributed by atoms with Crippen molar-refractivity contribution < 1.29 is 4.79 Å². The molecular weight excluding hydrogens is 170 g/mol. The van der Waals surface area contributed by atoms with Gasteiger partial charge in [-0.15, -0.1) is 0 Å². The van der Waals surface area contributed by atoms with E-state index >= 15 is 0 Å². The van der Waals surface area contributed by atoms with E-state index in [4.69, 9.17) is 0 Å². The van der Waals surface area contributed by atoms with E-state index in [1.165, 1.54) is 11.9 Å². The second kappa shape index (κ2) is 4.83. The molecule has 0 bridgehead atoms. The fourth-order valence-corrected chi connectivity index (χ4v) is 1.35. The SMILES string of the molecule is CCC(=O)NSc1ccccc1. The summed E-state index contributed by atoms with van der Waals surface area (Å²) in [5, 5.41) is 0. The summed E-state index contributed by atoms with van der Waals surface area (Å²) >= 11 is 1.35. The molecule has 0 unspecified atom stereocenters. The molecule has 2 nitrogen and oxygen atoms in total. The molecule has 1 aromatic carbocycles. The Labute approximate surface area is 76.5 Å². The molecule has 12 heavy (non-hydrogen) atoms. The predicted molar refractivity (Wildman–Crippen MR) is 50.7 cm³/mol. The number of hydrogen-bond donors (Lipinski definition) is 1. The van der Waals surface area contributed by atoms with Crippen molar-refractivity contribution in [1.82, 2.24) is 4.72 Å². The fourth-order valence-electron chi connectivity index (χ4n) is 0.677. The Bertz CT molecular complexity index is 248. The molecule has 1 N–H and O–H groups in total. The first-order valence-electron chi connectivity index (χ1n) is 3.83. The van der Waals surface area contributed by atoms with E-state index in [0.717, 1.165) is 4.90 Å². The standard InChI is InChI=1S/C9H11NOS/c1-2-9(11)10-12-8-6-4-3-5-7-8/h3-7H,2H2,1H3,(H,10,11). The molecule has 0 fully saturated rings. The maximum Gasteiger partial charge on any atom is 0.229 e. The summed E-state index contributed by atoms with van der Waals surface area (Å²) in [5.74, 6) is 0.0591. The lowest BCUT2D eigenvalue weighted by atomic mass is 10.4. The lowest BCUT2D eigenvalue weighted by Crippen LogP contribution is -2.13. The van der Waals surface area contributed by atoms with Crippen LogP contribution in [0, 0.1) is 0 Å². The molecule has 0 aliphatic carbocycles. The maximum atomic E-state index is 10.9. The Kier molecular flexibility index (Phi) is 3.67. The number of benzene rings is 1. The maximum absolute atomic E-state index is 10.9. The second-order valence-electron chi connectivity index (χ2n) is 2.29. The Morgan fingerprint density at radius 1 is 1.42 bits per heavy atom. The van der Waals surface area contributed by atoms with Gasteiger partial charge in [0, 0.05) is 11.3 Å². The van der Waals surface area contributed by atoms with Crippen LogP contribution in [-0.2, 0) is 4.79 Å². The van der Waals surface area contributed by atoms with Crippen molar-refractivity contribution in [2.24, 2.45) is 0 Å². The molecule has 1 amide bonds. The first-order valence-corrected chi connectivity index (χ1v) is 4.65. The van der Waals surface area contributed by atoms with Crippen molar-refractivity contribution in [3.63, 3.8) is 0 Å². The summed E-state index contributed by atoms with van der Waals surface area (Å²) in [6, 6.07) is 9.76. The quantitative estimate of drug-likeness (QED) is 0.724. The average molecular weight is 181 g/mol. The molecule has 1 rings (SSSR count). The topological polar surface area (TPSA) is 29.1 Å². The van der Waals surface area contributed by atoms with E-state index in [2.05, 4.69) is 4.72 Å². The van der Waals surface area contributed by atoms with E-state index in [1.807, 2.05) is 37.3 Å². The van der Waals surface area contributed by atoms with Crippen molar-refractivity contribution in [3.05, 3.63) is 30.3 Å². The monoisotopic (exact) mass is 181 g/mol. The summed E-state index contributed by atoms with van der Waals surface area (Å²) in [5.41, 5.74) is 0. The van der Waals surface area contributed by atoms with Crippen LogP contribution < -0.4 is 4.72 Å². The van der Waals surface area contributed by atoms with E-state index in [1.54, 1.807) is 0 Å². The molecule has 0 saturated heterocycles. The molecule has 0 aliphatic heterocycles. The minimum absolute atomic E-state index is 0.0591. The van der Waals surface area contributed by atoms with Crippen LogP contribution in [0.25, 0.3) is 0 Å². The van der Waals surface area contributed by atoms with Gasteiger partial charge in [-0.1, -0.05) is 25.1 Å². The smallest absolute Gasteiger partial charge is 0.229 e. The van der Waals surface area contributed by atoms with Crippen LogP contribution in [-0.4, -0.2) is 5.91 Å². The molecule has 3 heteroatoms. The zero-order valence-electron chi connectivity index (χ0n) is 6.91. The van der Waals surface area contributed by atoms with Gasteiger partial charge in [0.1, 0.15) is 0 Å². The fraction of sp³-hybridized carbons (Fsp3) is 0.222. The molecule has 0 spiro atoms. The highest BCUT2D eigenvalue weighted by atomic mass is 32.2. The van der Waals surface area contributed by atoms with Crippen LogP contribution in [0.4, 0.5) is 0 Å². The van der Waals surface area contributed by atoms with Gasteiger partial charge in [-0.3, -0.25) is 9.52 Å².